The number of carbonyl (C=O) groups excluding carboxylic acids is 1. The zero-order valence-electron chi connectivity index (χ0n) is 8.08. The van der Waals surface area contributed by atoms with E-state index >= 15 is 0 Å². The summed E-state index contributed by atoms with van der Waals surface area (Å²) in [6.07, 6.45) is 4.02. The second kappa shape index (κ2) is 3.29. The third-order valence-electron chi connectivity index (χ3n) is 2.46. The van der Waals surface area contributed by atoms with Crippen LogP contribution in [0.15, 0.2) is 12.3 Å². The van der Waals surface area contributed by atoms with Gasteiger partial charge in [-0.3, -0.25) is 9.78 Å². The minimum absolute atomic E-state index is 0.404. The first-order chi connectivity index (χ1) is 6.72. The van der Waals surface area contributed by atoms with Crippen molar-refractivity contribution in [3.05, 3.63) is 23.5 Å². The van der Waals surface area contributed by atoms with E-state index in [1.54, 1.807) is 19.3 Å². The number of anilines is 1. The maximum absolute atomic E-state index is 11.1. The van der Waals surface area contributed by atoms with Crippen molar-refractivity contribution in [2.75, 3.05) is 12.4 Å². The van der Waals surface area contributed by atoms with Gasteiger partial charge in [-0.2, -0.15) is 0 Å². The number of rotatable bonds is 3. The van der Waals surface area contributed by atoms with Crippen LogP contribution < -0.4 is 11.1 Å². The lowest BCUT2D eigenvalue weighted by molar-refractivity contribution is 0.100. The average Bonchev–Trinajstić information content (AvgIpc) is 3.00. The van der Waals surface area contributed by atoms with E-state index in [4.69, 9.17) is 5.73 Å². The van der Waals surface area contributed by atoms with Gasteiger partial charge in [-0.15, -0.1) is 0 Å². The maximum Gasteiger partial charge on any atom is 0.250 e. The van der Waals surface area contributed by atoms with Gasteiger partial charge in [0.25, 0.3) is 5.91 Å². The molecule has 0 aliphatic heterocycles. The summed E-state index contributed by atoms with van der Waals surface area (Å²) in [7, 11) is 1.75. The standard InChI is InChI=1S/C10H13N3O/c1-12-9-5-13-8(6-2-3-6)4-7(9)10(11)14/h4-6,12H,2-3H2,1H3,(H2,11,14). The molecule has 0 spiro atoms. The minimum Gasteiger partial charge on any atom is -0.386 e. The lowest BCUT2D eigenvalue weighted by Crippen LogP contribution is -2.14. The van der Waals surface area contributed by atoms with Crippen LogP contribution in [0.25, 0.3) is 0 Å². The summed E-state index contributed by atoms with van der Waals surface area (Å²) in [6, 6.07) is 1.80. The Hall–Kier alpha value is -1.58. The Morgan fingerprint density at radius 3 is 2.86 bits per heavy atom. The molecule has 1 aliphatic carbocycles. The molecule has 2 rings (SSSR count). The number of hydrogen-bond donors (Lipinski definition) is 2. The molecule has 1 amide bonds. The van der Waals surface area contributed by atoms with E-state index < -0.39 is 5.91 Å². The molecule has 4 heteroatoms. The number of nitrogens with one attached hydrogen (secondary N) is 1. The highest BCUT2D eigenvalue weighted by atomic mass is 16.1. The molecule has 1 aromatic heterocycles. The van der Waals surface area contributed by atoms with E-state index in [0.29, 0.717) is 17.2 Å². The first-order valence-electron chi connectivity index (χ1n) is 4.70. The maximum atomic E-state index is 11.1. The predicted molar refractivity (Wildman–Crippen MR) is 54.3 cm³/mol. The van der Waals surface area contributed by atoms with E-state index in [2.05, 4.69) is 10.3 Å². The number of hydrogen-bond acceptors (Lipinski definition) is 3. The molecule has 1 aliphatic rings. The fourth-order valence-corrected chi connectivity index (χ4v) is 1.48. The molecule has 3 N–H and O–H groups in total. The molecular formula is C10H13N3O. The van der Waals surface area contributed by atoms with E-state index in [9.17, 15) is 4.79 Å². The molecule has 74 valence electrons. The zero-order chi connectivity index (χ0) is 10.1. The van der Waals surface area contributed by atoms with Crippen LogP contribution >= 0.6 is 0 Å². The summed E-state index contributed by atoms with van der Waals surface area (Å²) in [5.74, 6) is 0.137. The first kappa shape index (κ1) is 8.99. The van der Waals surface area contributed by atoms with Gasteiger partial charge in [0.15, 0.2) is 0 Å². The van der Waals surface area contributed by atoms with Crippen molar-refractivity contribution < 1.29 is 4.79 Å². The summed E-state index contributed by atoms with van der Waals surface area (Å²) in [4.78, 5) is 15.4. The smallest absolute Gasteiger partial charge is 0.250 e. The zero-order valence-corrected chi connectivity index (χ0v) is 8.08. The second-order valence-electron chi connectivity index (χ2n) is 3.54. The van der Waals surface area contributed by atoms with Crippen LogP contribution in [0.2, 0.25) is 0 Å². The Morgan fingerprint density at radius 1 is 1.64 bits per heavy atom. The summed E-state index contributed by atoms with van der Waals surface area (Å²) in [5.41, 5.74) is 7.49. The number of nitrogens with two attached hydrogens (primary N) is 1. The highest BCUT2D eigenvalue weighted by Crippen LogP contribution is 2.39. The normalized spacial score (nSPS) is 15.2. The Morgan fingerprint density at radius 2 is 2.36 bits per heavy atom. The summed E-state index contributed by atoms with van der Waals surface area (Å²) >= 11 is 0. The summed E-state index contributed by atoms with van der Waals surface area (Å²) in [6.45, 7) is 0. The lowest BCUT2D eigenvalue weighted by Gasteiger charge is -2.07. The summed E-state index contributed by atoms with van der Waals surface area (Å²) < 4.78 is 0. The van der Waals surface area contributed by atoms with Crippen LogP contribution in [0.4, 0.5) is 5.69 Å². The predicted octanol–water partition coefficient (Wildman–Crippen LogP) is 1.10. The molecule has 0 radical (unpaired) electrons. The number of carbonyl (C=O) groups is 1. The Balaban J connectivity index is 2.40. The molecule has 0 saturated heterocycles. The van der Waals surface area contributed by atoms with Gasteiger partial charge in [-0.1, -0.05) is 0 Å². The molecule has 1 heterocycles. The molecular weight excluding hydrogens is 178 g/mol. The largest absolute Gasteiger partial charge is 0.386 e. The molecule has 0 unspecified atom stereocenters. The van der Waals surface area contributed by atoms with Crippen LogP contribution in [0.3, 0.4) is 0 Å². The van der Waals surface area contributed by atoms with Crippen LogP contribution in [0.5, 0.6) is 0 Å². The minimum atomic E-state index is -0.404. The van der Waals surface area contributed by atoms with Crippen molar-refractivity contribution in [1.82, 2.24) is 4.98 Å². The van der Waals surface area contributed by atoms with E-state index in [1.165, 1.54) is 12.8 Å². The molecule has 1 aromatic rings. The van der Waals surface area contributed by atoms with Crippen molar-refractivity contribution in [3.63, 3.8) is 0 Å². The topological polar surface area (TPSA) is 68.0 Å². The molecule has 0 aromatic carbocycles. The van der Waals surface area contributed by atoms with Crippen LogP contribution in [-0.4, -0.2) is 17.9 Å². The van der Waals surface area contributed by atoms with Crippen molar-refractivity contribution in [2.24, 2.45) is 5.73 Å². The SMILES string of the molecule is CNc1cnc(C2CC2)cc1C(N)=O. The van der Waals surface area contributed by atoms with Gasteiger partial charge in [0.2, 0.25) is 0 Å². The fraction of sp³-hybridized carbons (Fsp3) is 0.400. The molecule has 0 bridgehead atoms. The number of aromatic nitrogens is 1. The monoisotopic (exact) mass is 191 g/mol. The van der Waals surface area contributed by atoms with Crippen molar-refractivity contribution in [1.29, 1.82) is 0 Å². The van der Waals surface area contributed by atoms with Gasteiger partial charge in [-0.25, -0.2) is 0 Å². The third-order valence-corrected chi connectivity index (χ3v) is 2.46. The van der Waals surface area contributed by atoms with Crippen LogP contribution in [-0.2, 0) is 0 Å². The van der Waals surface area contributed by atoms with E-state index in [1.807, 2.05) is 0 Å². The lowest BCUT2D eigenvalue weighted by atomic mass is 10.1. The summed E-state index contributed by atoms with van der Waals surface area (Å²) in [5, 5.41) is 2.90. The van der Waals surface area contributed by atoms with Crippen molar-refractivity contribution in [3.8, 4) is 0 Å². The highest BCUT2D eigenvalue weighted by molar-refractivity contribution is 5.98. The molecule has 14 heavy (non-hydrogen) atoms. The van der Waals surface area contributed by atoms with Gasteiger partial charge in [0.1, 0.15) is 0 Å². The first-order valence-corrected chi connectivity index (χ1v) is 4.70. The van der Waals surface area contributed by atoms with Crippen LogP contribution in [0.1, 0.15) is 34.8 Å². The van der Waals surface area contributed by atoms with E-state index in [-0.39, 0.29) is 0 Å². The highest BCUT2D eigenvalue weighted by Gasteiger charge is 2.26. The number of amides is 1. The molecule has 0 atom stereocenters. The molecule has 1 fully saturated rings. The fourth-order valence-electron chi connectivity index (χ4n) is 1.48. The van der Waals surface area contributed by atoms with Gasteiger partial charge < -0.3 is 11.1 Å². The van der Waals surface area contributed by atoms with E-state index in [0.717, 1.165) is 5.69 Å². The third kappa shape index (κ3) is 1.55. The Labute approximate surface area is 82.5 Å². The van der Waals surface area contributed by atoms with Crippen molar-refractivity contribution in [2.45, 2.75) is 18.8 Å². The Kier molecular flexibility index (Phi) is 2.11. The van der Waals surface area contributed by atoms with Crippen molar-refractivity contribution >= 4 is 11.6 Å². The number of primary amides is 1. The number of nitrogens with zero attached hydrogens (tertiary/aromatic N) is 1. The second-order valence-corrected chi connectivity index (χ2v) is 3.54. The quantitative estimate of drug-likeness (QED) is 0.751. The van der Waals surface area contributed by atoms with Gasteiger partial charge in [0.05, 0.1) is 17.4 Å². The average molecular weight is 191 g/mol. The molecule has 1 saturated carbocycles. The number of pyridine rings is 1. The van der Waals surface area contributed by atoms with Gasteiger partial charge in [0, 0.05) is 18.7 Å². The molecule has 4 nitrogen and oxygen atoms in total. The Bertz CT molecular complexity index is 372. The van der Waals surface area contributed by atoms with Gasteiger partial charge >= 0.3 is 0 Å². The van der Waals surface area contributed by atoms with Gasteiger partial charge in [-0.05, 0) is 18.9 Å². The van der Waals surface area contributed by atoms with Crippen LogP contribution in [0, 0.1) is 0 Å².